The number of pyridine rings is 1. The standard InChI is InChI=1S/C15H13Cl2N3O3/c1-9-2-4-11(5-3-9)22-8-13(18)20-23-15(21)12-6-10(16)7-19-14(12)17/h2-7H,8H2,1H3,(H2,18,20). The van der Waals surface area contributed by atoms with Crippen molar-refractivity contribution in [1.82, 2.24) is 4.98 Å². The Morgan fingerprint density at radius 2 is 2.00 bits per heavy atom. The van der Waals surface area contributed by atoms with Crippen LogP contribution in [0.5, 0.6) is 5.75 Å². The van der Waals surface area contributed by atoms with Crippen molar-refractivity contribution in [1.29, 1.82) is 0 Å². The Morgan fingerprint density at radius 3 is 2.70 bits per heavy atom. The van der Waals surface area contributed by atoms with Crippen LogP contribution >= 0.6 is 23.2 Å². The third-order valence-corrected chi connectivity index (χ3v) is 3.19. The number of aromatic nitrogens is 1. The maximum Gasteiger partial charge on any atom is 0.368 e. The third-order valence-electron chi connectivity index (χ3n) is 2.68. The second-order valence-electron chi connectivity index (χ2n) is 4.56. The summed E-state index contributed by atoms with van der Waals surface area (Å²) in [6.07, 6.45) is 1.31. The molecule has 2 aromatic rings. The van der Waals surface area contributed by atoms with Gasteiger partial charge in [-0.25, -0.2) is 9.78 Å². The predicted octanol–water partition coefficient (Wildman–Crippen LogP) is 3.20. The molecule has 23 heavy (non-hydrogen) atoms. The molecule has 0 atom stereocenters. The van der Waals surface area contributed by atoms with Crippen molar-refractivity contribution in [3.63, 3.8) is 0 Å². The van der Waals surface area contributed by atoms with Crippen molar-refractivity contribution in [3.05, 3.63) is 57.8 Å². The molecule has 0 aliphatic rings. The maximum absolute atomic E-state index is 11.8. The van der Waals surface area contributed by atoms with Gasteiger partial charge in [-0.1, -0.05) is 46.1 Å². The highest BCUT2D eigenvalue weighted by atomic mass is 35.5. The highest BCUT2D eigenvalue weighted by Gasteiger charge is 2.14. The lowest BCUT2D eigenvalue weighted by Gasteiger charge is -2.06. The molecule has 1 aromatic carbocycles. The number of halogens is 2. The van der Waals surface area contributed by atoms with Gasteiger partial charge in [-0.05, 0) is 25.1 Å². The molecule has 2 rings (SSSR count). The summed E-state index contributed by atoms with van der Waals surface area (Å²) in [5.74, 6) is -0.199. The Hall–Kier alpha value is -2.31. The number of amidine groups is 1. The molecule has 8 heteroatoms. The zero-order valence-corrected chi connectivity index (χ0v) is 13.6. The van der Waals surface area contributed by atoms with E-state index in [0.717, 1.165) is 5.56 Å². The minimum atomic E-state index is -0.816. The topological polar surface area (TPSA) is 86.8 Å². The van der Waals surface area contributed by atoms with E-state index in [9.17, 15) is 4.79 Å². The summed E-state index contributed by atoms with van der Waals surface area (Å²) >= 11 is 11.5. The Labute approximate surface area is 142 Å². The number of ether oxygens (including phenoxy) is 1. The van der Waals surface area contributed by atoms with E-state index in [2.05, 4.69) is 10.1 Å². The molecule has 120 valence electrons. The van der Waals surface area contributed by atoms with Gasteiger partial charge in [-0.3, -0.25) is 0 Å². The molecule has 1 heterocycles. The van der Waals surface area contributed by atoms with Crippen molar-refractivity contribution in [2.45, 2.75) is 6.92 Å². The van der Waals surface area contributed by atoms with Crippen LogP contribution in [0.1, 0.15) is 15.9 Å². The summed E-state index contributed by atoms with van der Waals surface area (Å²) in [6.45, 7) is 1.94. The molecule has 2 N–H and O–H groups in total. The first kappa shape index (κ1) is 17.1. The first-order valence-electron chi connectivity index (χ1n) is 6.50. The van der Waals surface area contributed by atoms with Gasteiger partial charge in [0.15, 0.2) is 5.84 Å². The van der Waals surface area contributed by atoms with Crippen molar-refractivity contribution in [2.24, 2.45) is 10.9 Å². The van der Waals surface area contributed by atoms with Gasteiger partial charge in [-0.15, -0.1) is 0 Å². The van der Waals surface area contributed by atoms with Crippen LogP contribution in [-0.4, -0.2) is 23.4 Å². The number of nitrogens with two attached hydrogens (primary N) is 1. The van der Waals surface area contributed by atoms with Gasteiger partial charge >= 0.3 is 5.97 Å². The summed E-state index contributed by atoms with van der Waals surface area (Å²) in [7, 11) is 0. The van der Waals surface area contributed by atoms with Gasteiger partial charge in [0, 0.05) is 6.20 Å². The fourth-order valence-electron chi connectivity index (χ4n) is 1.53. The molecule has 0 fully saturated rings. The van der Waals surface area contributed by atoms with Crippen LogP contribution in [0.15, 0.2) is 41.7 Å². The average molecular weight is 354 g/mol. The predicted molar refractivity (Wildman–Crippen MR) is 88.0 cm³/mol. The van der Waals surface area contributed by atoms with Gasteiger partial charge in [0.25, 0.3) is 0 Å². The average Bonchev–Trinajstić information content (AvgIpc) is 2.54. The number of benzene rings is 1. The second-order valence-corrected chi connectivity index (χ2v) is 5.35. The summed E-state index contributed by atoms with van der Waals surface area (Å²) in [5.41, 5.74) is 6.73. The summed E-state index contributed by atoms with van der Waals surface area (Å²) < 4.78 is 5.40. The number of aryl methyl sites for hydroxylation is 1. The van der Waals surface area contributed by atoms with E-state index in [1.807, 2.05) is 19.1 Å². The van der Waals surface area contributed by atoms with Crippen LogP contribution in [0.2, 0.25) is 10.2 Å². The highest BCUT2D eigenvalue weighted by Crippen LogP contribution is 2.18. The molecular formula is C15H13Cl2N3O3. The lowest BCUT2D eigenvalue weighted by molar-refractivity contribution is 0.0513. The second kappa shape index (κ2) is 7.80. The molecule has 0 aliphatic carbocycles. The summed E-state index contributed by atoms with van der Waals surface area (Å²) in [4.78, 5) is 20.3. The van der Waals surface area contributed by atoms with Crippen LogP contribution < -0.4 is 10.5 Å². The van der Waals surface area contributed by atoms with Crippen LogP contribution in [0.3, 0.4) is 0 Å². The van der Waals surface area contributed by atoms with Gasteiger partial charge in [0.1, 0.15) is 23.1 Å². The molecule has 1 aromatic heterocycles. The van der Waals surface area contributed by atoms with Crippen molar-refractivity contribution in [2.75, 3.05) is 6.61 Å². The van der Waals surface area contributed by atoms with Gasteiger partial charge in [0.05, 0.1) is 5.02 Å². The van der Waals surface area contributed by atoms with Crippen LogP contribution in [0.25, 0.3) is 0 Å². The van der Waals surface area contributed by atoms with Gasteiger partial charge in [0.2, 0.25) is 0 Å². The fraction of sp³-hybridized carbons (Fsp3) is 0.133. The summed E-state index contributed by atoms with van der Waals surface area (Å²) in [5, 5.41) is 3.71. The fourth-order valence-corrected chi connectivity index (χ4v) is 1.87. The largest absolute Gasteiger partial charge is 0.486 e. The Balaban J connectivity index is 1.92. The normalized spacial score (nSPS) is 11.2. The van der Waals surface area contributed by atoms with E-state index in [4.69, 9.17) is 38.5 Å². The molecular weight excluding hydrogens is 341 g/mol. The molecule has 0 saturated carbocycles. The Morgan fingerprint density at radius 1 is 1.30 bits per heavy atom. The monoisotopic (exact) mass is 353 g/mol. The molecule has 0 spiro atoms. The quantitative estimate of drug-likeness (QED) is 0.293. The zero-order chi connectivity index (χ0) is 16.8. The molecule has 0 amide bonds. The van der Waals surface area contributed by atoms with E-state index in [-0.39, 0.29) is 28.2 Å². The summed E-state index contributed by atoms with van der Waals surface area (Å²) in [6, 6.07) is 8.72. The number of nitrogens with zero attached hydrogens (tertiary/aromatic N) is 2. The van der Waals surface area contributed by atoms with E-state index in [1.54, 1.807) is 12.1 Å². The van der Waals surface area contributed by atoms with Crippen molar-refractivity contribution < 1.29 is 14.4 Å². The molecule has 0 unspecified atom stereocenters. The number of carbonyl (C=O) groups excluding carboxylic acids is 1. The van der Waals surface area contributed by atoms with Gasteiger partial charge < -0.3 is 15.3 Å². The van der Waals surface area contributed by atoms with Crippen molar-refractivity contribution in [3.8, 4) is 5.75 Å². The molecule has 6 nitrogen and oxygen atoms in total. The van der Waals surface area contributed by atoms with E-state index < -0.39 is 5.97 Å². The van der Waals surface area contributed by atoms with Crippen LogP contribution in [0, 0.1) is 6.92 Å². The van der Waals surface area contributed by atoms with Crippen LogP contribution in [0.4, 0.5) is 0 Å². The Kier molecular flexibility index (Phi) is 5.78. The van der Waals surface area contributed by atoms with Crippen molar-refractivity contribution >= 4 is 35.0 Å². The number of oxime groups is 1. The lowest BCUT2D eigenvalue weighted by Crippen LogP contribution is -2.22. The number of hydrogen-bond donors (Lipinski definition) is 1. The third kappa shape index (κ3) is 5.12. The molecule has 0 saturated heterocycles. The molecule has 0 aliphatic heterocycles. The first-order valence-corrected chi connectivity index (χ1v) is 7.25. The van der Waals surface area contributed by atoms with Crippen LogP contribution in [-0.2, 0) is 4.84 Å². The smallest absolute Gasteiger partial charge is 0.368 e. The minimum Gasteiger partial charge on any atom is -0.486 e. The lowest BCUT2D eigenvalue weighted by atomic mass is 10.2. The van der Waals surface area contributed by atoms with E-state index in [0.29, 0.717) is 5.75 Å². The van der Waals surface area contributed by atoms with Gasteiger partial charge in [-0.2, -0.15) is 0 Å². The first-order chi connectivity index (χ1) is 11.0. The van der Waals surface area contributed by atoms with E-state index in [1.165, 1.54) is 12.3 Å². The number of rotatable bonds is 5. The molecule has 0 radical (unpaired) electrons. The maximum atomic E-state index is 11.8. The number of carbonyl (C=O) groups is 1. The van der Waals surface area contributed by atoms with E-state index >= 15 is 0 Å². The molecule has 0 bridgehead atoms. The minimum absolute atomic E-state index is 0.00447. The zero-order valence-electron chi connectivity index (χ0n) is 12.1. The SMILES string of the molecule is Cc1ccc(OC/C(N)=N/OC(=O)c2cc(Cl)cnc2Cl)cc1. The highest BCUT2D eigenvalue weighted by molar-refractivity contribution is 6.34. The Bertz CT molecular complexity index is 733. The number of hydrogen-bond acceptors (Lipinski definition) is 5.